The van der Waals surface area contributed by atoms with E-state index >= 15 is 0 Å². The zero-order valence-corrected chi connectivity index (χ0v) is 14.9. The Labute approximate surface area is 155 Å². The second-order valence-electron chi connectivity index (χ2n) is 6.30. The van der Waals surface area contributed by atoms with Gasteiger partial charge in [-0.3, -0.25) is 9.59 Å². The SMILES string of the molecule is CCOC(=O)c1oc(-c2ccc(C)cc2)c2c1C(=O)c1ccccc1C2=O. The lowest BCUT2D eigenvalue weighted by Gasteiger charge is -2.14. The zero-order chi connectivity index (χ0) is 19.1. The van der Waals surface area contributed by atoms with E-state index in [4.69, 9.17) is 9.15 Å². The van der Waals surface area contributed by atoms with E-state index in [1.54, 1.807) is 43.3 Å². The van der Waals surface area contributed by atoms with Gasteiger partial charge in [-0.05, 0) is 13.8 Å². The molecule has 1 aromatic heterocycles. The molecule has 5 heteroatoms. The van der Waals surface area contributed by atoms with Crippen LogP contribution in [-0.4, -0.2) is 24.1 Å². The van der Waals surface area contributed by atoms with E-state index in [9.17, 15) is 14.4 Å². The number of fused-ring (bicyclic) bond motifs is 2. The predicted octanol–water partition coefficient (Wildman–Crippen LogP) is 4.21. The highest BCUT2D eigenvalue weighted by atomic mass is 16.5. The van der Waals surface area contributed by atoms with Crippen molar-refractivity contribution in [3.63, 3.8) is 0 Å². The van der Waals surface area contributed by atoms with Crippen LogP contribution in [0.15, 0.2) is 52.9 Å². The van der Waals surface area contributed by atoms with Gasteiger partial charge in [0.25, 0.3) is 0 Å². The molecule has 0 amide bonds. The average molecular weight is 360 g/mol. The molecule has 0 saturated carbocycles. The maximum atomic E-state index is 13.1. The normalized spacial score (nSPS) is 12.5. The largest absolute Gasteiger partial charge is 0.460 e. The summed E-state index contributed by atoms with van der Waals surface area (Å²) in [5.41, 5.74) is 2.32. The second-order valence-corrected chi connectivity index (χ2v) is 6.30. The number of hydrogen-bond acceptors (Lipinski definition) is 5. The van der Waals surface area contributed by atoms with Gasteiger partial charge in [0.2, 0.25) is 5.76 Å². The Bertz CT molecular complexity index is 1090. The number of ketones is 2. The van der Waals surface area contributed by atoms with E-state index in [1.165, 1.54) is 0 Å². The molecule has 134 valence electrons. The topological polar surface area (TPSA) is 73.6 Å². The molecule has 1 aliphatic rings. The number of carbonyl (C=O) groups excluding carboxylic acids is 3. The summed E-state index contributed by atoms with van der Waals surface area (Å²) in [5.74, 6) is -1.52. The fourth-order valence-corrected chi connectivity index (χ4v) is 3.26. The van der Waals surface area contributed by atoms with Gasteiger partial charge in [-0.1, -0.05) is 54.1 Å². The first kappa shape index (κ1) is 17.0. The van der Waals surface area contributed by atoms with Crippen molar-refractivity contribution in [3.8, 4) is 11.3 Å². The lowest BCUT2D eigenvalue weighted by molar-refractivity contribution is 0.0487. The maximum Gasteiger partial charge on any atom is 0.375 e. The lowest BCUT2D eigenvalue weighted by atomic mass is 9.83. The molecule has 0 bridgehead atoms. The number of aryl methyl sites for hydroxylation is 1. The summed E-state index contributed by atoms with van der Waals surface area (Å²) in [6.07, 6.45) is 0. The van der Waals surface area contributed by atoms with Crippen LogP contribution in [-0.2, 0) is 4.74 Å². The Kier molecular flexibility index (Phi) is 4.00. The summed E-state index contributed by atoms with van der Waals surface area (Å²) in [6, 6.07) is 13.9. The van der Waals surface area contributed by atoms with E-state index in [-0.39, 0.29) is 40.6 Å². The standard InChI is InChI=1S/C22H16O5/c1-3-26-22(25)21-17-16(20(27-21)13-10-8-12(2)9-11-13)18(23)14-6-4-5-7-15(14)19(17)24/h4-11H,3H2,1-2H3. The number of furan rings is 1. The fourth-order valence-electron chi connectivity index (χ4n) is 3.26. The van der Waals surface area contributed by atoms with Crippen molar-refractivity contribution in [1.82, 2.24) is 0 Å². The molecular formula is C22H16O5. The highest BCUT2D eigenvalue weighted by Gasteiger charge is 2.40. The lowest BCUT2D eigenvalue weighted by Crippen LogP contribution is -2.22. The summed E-state index contributed by atoms with van der Waals surface area (Å²) in [5, 5.41) is 0. The number of benzene rings is 2. The first-order valence-electron chi connectivity index (χ1n) is 8.62. The van der Waals surface area contributed by atoms with Gasteiger partial charge in [0.05, 0.1) is 17.7 Å². The van der Waals surface area contributed by atoms with Crippen molar-refractivity contribution in [2.24, 2.45) is 0 Å². The molecule has 3 aromatic rings. The predicted molar refractivity (Wildman–Crippen MR) is 98.1 cm³/mol. The van der Waals surface area contributed by atoms with Crippen LogP contribution in [0.3, 0.4) is 0 Å². The molecular weight excluding hydrogens is 344 g/mol. The van der Waals surface area contributed by atoms with Crippen molar-refractivity contribution in [2.75, 3.05) is 6.61 Å². The van der Waals surface area contributed by atoms with E-state index in [2.05, 4.69) is 0 Å². The molecule has 2 aromatic carbocycles. The molecule has 1 aliphatic carbocycles. The smallest absolute Gasteiger partial charge is 0.375 e. The van der Waals surface area contributed by atoms with Crippen LogP contribution < -0.4 is 0 Å². The number of ether oxygens (including phenoxy) is 1. The average Bonchev–Trinajstić information content (AvgIpc) is 3.08. The molecule has 0 saturated heterocycles. The van der Waals surface area contributed by atoms with Crippen molar-refractivity contribution in [1.29, 1.82) is 0 Å². The van der Waals surface area contributed by atoms with E-state index in [1.807, 2.05) is 19.1 Å². The summed E-state index contributed by atoms with van der Waals surface area (Å²) in [7, 11) is 0. The van der Waals surface area contributed by atoms with Gasteiger partial charge < -0.3 is 9.15 Å². The van der Waals surface area contributed by atoms with Gasteiger partial charge in [-0.2, -0.15) is 0 Å². The number of esters is 1. The molecule has 0 spiro atoms. The maximum absolute atomic E-state index is 13.1. The van der Waals surface area contributed by atoms with Crippen LogP contribution >= 0.6 is 0 Å². The van der Waals surface area contributed by atoms with Gasteiger partial charge in [-0.15, -0.1) is 0 Å². The number of hydrogen-bond donors (Lipinski definition) is 0. The first-order valence-corrected chi connectivity index (χ1v) is 8.62. The highest BCUT2D eigenvalue weighted by molar-refractivity contribution is 6.32. The first-order chi connectivity index (χ1) is 13.0. The quantitative estimate of drug-likeness (QED) is 0.512. The van der Waals surface area contributed by atoms with Crippen LogP contribution in [0.25, 0.3) is 11.3 Å². The molecule has 27 heavy (non-hydrogen) atoms. The minimum Gasteiger partial charge on any atom is -0.460 e. The highest BCUT2D eigenvalue weighted by Crippen LogP contribution is 2.39. The summed E-state index contributed by atoms with van der Waals surface area (Å²) >= 11 is 0. The Morgan fingerprint density at radius 3 is 2.11 bits per heavy atom. The van der Waals surface area contributed by atoms with Crippen molar-refractivity contribution < 1.29 is 23.5 Å². The molecule has 0 atom stereocenters. The molecule has 0 N–H and O–H groups in total. The molecule has 1 heterocycles. The van der Waals surface area contributed by atoms with Crippen LogP contribution in [0.2, 0.25) is 0 Å². The summed E-state index contributed by atoms with van der Waals surface area (Å²) < 4.78 is 10.8. The van der Waals surface area contributed by atoms with Gasteiger partial charge >= 0.3 is 5.97 Å². The van der Waals surface area contributed by atoms with Gasteiger partial charge in [0.15, 0.2) is 11.6 Å². The molecule has 5 nitrogen and oxygen atoms in total. The number of carbonyl (C=O) groups is 3. The van der Waals surface area contributed by atoms with Crippen LogP contribution in [0.1, 0.15) is 54.9 Å². The molecule has 4 rings (SSSR count). The van der Waals surface area contributed by atoms with Crippen LogP contribution in [0, 0.1) is 6.92 Å². The van der Waals surface area contributed by atoms with Crippen LogP contribution in [0.5, 0.6) is 0 Å². The Morgan fingerprint density at radius 1 is 0.926 bits per heavy atom. The molecule has 0 unspecified atom stereocenters. The monoisotopic (exact) mass is 360 g/mol. The number of rotatable bonds is 3. The third-order valence-corrected chi connectivity index (χ3v) is 4.55. The fraction of sp³-hybridized carbons (Fsp3) is 0.136. The molecule has 0 aliphatic heterocycles. The minimum absolute atomic E-state index is 0.0206. The van der Waals surface area contributed by atoms with Gasteiger partial charge in [0.1, 0.15) is 5.76 Å². The molecule has 0 fully saturated rings. The third kappa shape index (κ3) is 2.59. The van der Waals surface area contributed by atoms with Crippen molar-refractivity contribution in [2.45, 2.75) is 13.8 Å². The third-order valence-electron chi connectivity index (χ3n) is 4.55. The van der Waals surface area contributed by atoms with Gasteiger partial charge in [0, 0.05) is 16.7 Å². The van der Waals surface area contributed by atoms with E-state index in [0.29, 0.717) is 11.1 Å². The van der Waals surface area contributed by atoms with Crippen molar-refractivity contribution >= 4 is 17.5 Å². The minimum atomic E-state index is -0.757. The van der Waals surface area contributed by atoms with E-state index in [0.717, 1.165) is 5.56 Å². The van der Waals surface area contributed by atoms with Gasteiger partial charge in [-0.25, -0.2) is 4.79 Å². The summed E-state index contributed by atoms with van der Waals surface area (Å²) in [6.45, 7) is 3.74. The second kappa shape index (κ2) is 6.36. The Balaban J connectivity index is 2.00. The van der Waals surface area contributed by atoms with E-state index < -0.39 is 11.8 Å². The molecule has 0 radical (unpaired) electrons. The summed E-state index contributed by atoms with van der Waals surface area (Å²) in [4.78, 5) is 38.6. The Hall–Kier alpha value is -3.47. The van der Waals surface area contributed by atoms with Crippen molar-refractivity contribution in [3.05, 3.63) is 82.1 Å². The van der Waals surface area contributed by atoms with Crippen LogP contribution in [0.4, 0.5) is 0 Å². The zero-order valence-electron chi connectivity index (χ0n) is 14.9. The Morgan fingerprint density at radius 2 is 1.52 bits per heavy atom.